The standard InChI is InChI=1S/C23H32N2O5/c1-28-22(27)25-13-5-12-23(16-29-15-21(26)24-23)20(25)14-30-19-10-8-18(9-11-19)17-6-3-2-4-7-17/h2-4,6-7,18-20H,5,8-16H2,1H3,(H,24,26)/t18?,19?,20-,23+/m0/s1. The summed E-state index contributed by atoms with van der Waals surface area (Å²) < 4.78 is 16.9. The average molecular weight is 417 g/mol. The normalized spacial score (nSPS) is 32.0. The molecule has 1 N–H and O–H groups in total. The molecule has 2 amide bonds. The molecule has 1 aromatic carbocycles. The molecular weight excluding hydrogens is 384 g/mol. The van der Waals surface area contributed by atoms with E-state index < -0.39 is 5.54 Å². The first-order chi connectivity index (χ1) is 14.6. The molecule has 2 atom stereocenters. The van der Waals surface area contributed by atoms with Crippen LogP contribution in [-0.4, -0.2) is 68.1 Å². The maximum absolute atomic E-state index is 12.4. The lowest BCUT2D eigenvalue weighted by molar-refractivity contribution is -0.143. The lowest BCUT2D eigenvalue weighted by Gasteiger charge is -2.51. The smallest absolute Gasteiger partial charge is 0.409 e. The molecule has 1 saturated carbocycles. The summed E-state index contributed by atoms with van der Waals surface area (Å²) in [7, 11) is 1.39. The van der Waals surface area contributed by atoms with Crippen molar-refractivity contribution in [3.8, 4) is 0 Å². The minimum atomic E-state index is -0.608. The van der Waals surface area contributed by atoms with Crippen molar-refractivity contribution in [3.63, 3.8) is 0 Å². The van der Waals surface area contributed by atoms with Gasteiger partial charge in [0.1, 0.15) is 6.61 Å². The van der Waals surface area contributed by atoms with Crippen LogP contribution in [0.2, 0.25) is 0 Å². The number of carbonyl (C=O) groups is 2. The highest BCUT2D eigenvalue weighted by molar-refractivity contribution is 5.79. The number of rotatable bonds is 4. The zero-order valence-corrected chi connectivity index (χ0v) is 17.7. The number of benzene rings is 1. The summed E-state index contributed by atoms with van der Waals surface area (Å²) >= 11 is 0. The van der Waals surface area contributed by atoms with Crippen LogP contribution in [0, 0.1) is 0 Å². The molecule has 1 aromatic rings. The molecule has 7 heteroatoms. The molecule has 2 heterocycles. The summed E-state index contributed by atoms with van der Waals surface area (Å²) in [6, 6.07) is 10.4. The third kappa shape index (κ3) is 4.47. The number of nitrogens with zero attached hydrogens (tertiary/aromatic N) is 1. The van der Waals surface area contributed by atoms with Gasteiger partial charge in [0, 0.05) is 6.54 Å². The van der Waals surface area contributed by atoms with Gasteiger partial charge in [-0.15, -0.1) is 0 Å². The summed E-state index contributed by atoms with van der Waals surface area (Å²) in [4.78, 5) is 26.2. The van der Waals surface area contributed by atoms with Gasteiger partial charge in [-0.3, -0.25) is 4.79 Å². The number of nitrogens with one attached hydrogen (secondary N) is 1. The Balaban J connectivity index is 1.40. The van der Waals surface area contributed by atoms with Crippen LogP contribution < -0.4 is 5.32 Å². The second-order valence-corrected chi connectivity index (χ2v) is 8.70. The fraction of sp³-hybridized carbons (Fsp3) is 0.652. The van der Waals surface area contributed by atoms with Gasteiger partial charge in [-0.25, -0.2) is 4.79 Å². The monoisotopic (exact) mass is 416 g/mol. The first-order valence-corrected chi connectivity index (χ1v) is 11.0. The summed E-state index contributed by atoms with van der Waals surface area (Å²) in [5.41, 5.74) is 0.796. The van der Waals surface area contributed by atoms with Crippen molar-refractivity contribution >= 4 is 12.0 Å². The highest BCUT2D eigenvalue weighted by Gasteiger charge is 2.50. The highest BCUT2D eigenvalue weighted by Crippen LogP contribution is 2.35. The van der Waals surface area contributed by atoms with Crippen LogP contribution >= 0.6 is 0 Å². The summed E-state index contributed by atoms with van der Waals surface area (Å²) in [5.74, 6) is 0.450. The molecular formula is C23H32N2O5. The van der Waals surface area contributed by atoms with Crippen LogP contribution in [0.3, 0.4) is 0 Å². The van der Waals surface area contributed by atoms with Crippen molar-refractivity contribution in [3.05, 3.63) is 35.9 Å². The van der Waals surface area contributed by atoms with Crippen LogP contribution in [0.5, 0.6) is 0 Å². The summed E-state index contributed by atoms with van der Waals surface area (Å²) in [6.45, 7) is 1.43. The van der Waals surface area contributed by atoms with Gasteiger partial charge in [-0.2, -0.15) is 0 Å². The van der Waals surface area contributed by atoms with Crippen molar-refractivity contribution in [2.24, 2.45) is 0 Å². The number of hydrogen-bond acceptors (Lipinski definition) is 5. The molecule has 30 heavy (non-hydrogen) atoms. The van der Waals surface area contributed by atoms with Gasteiger partial charge >= 0.3 is 6.09 Å². The third-order valence-corrected chi connectivity index (χ3v) is 6.86. The average Bonchev–Trinajstić information content (AvgIpc) is 2.78. The largest absolute Gasteiger partial charge is 0.453 e. The molecule has 164 valence electrons. The molecule has 0 aromatic heterocycles. The fourth-order valence-electron chi connectivity index (χ4n) is 5.28. The molecule has 0 unspecified atom stereocenters. The number of ether oxygens (including phenoxy) is 3. The summed E-state index contributed by atoms with van der Waals surface area (Å²) in [6.07, 6.45) is 5.55. The van der Waals surface area contributed by atoms with Gasteiger partial charge < -0.3 is 24.4 Å². The number of morpholine rings is 1. The van der Waals surface area contributed by atoms with Crippen LogP contribution in [0.4, 0.5) is 4.79 Å². The van der Waals surface area contributed by atoms with Gasteiger partial charge in [0.05, 0.1) is 38.0 Å². The van der Waals surface area contributed by atoms with E-state index in [-0.39, 0.29) is 30.8 Å². The van der Waals surface area contributed by atoms with E-state index in [2.05, 4.69) is 35.6 Å². The first kappa shape index (κ1) is 21.1. The molecule has 3 aliphatic rings. The van der Waals surface area contributed by atoms with Crippen molar-refractivity contribution in [2.75, 3.05) is 33.5 Å². The quantitative estimate of drug-likeness (QED) is 0.817. The molecule has 1 aliphatic carbocycles. The Morgan fingerprint density at radius 3 is 2.70 bits per heavy atom. The Kier molecular flexibility index (Phi) is 6.58. The molecule has 3 fully saturated rings. The SMILES string of the molecule is COC(=O)N1CCC[C@@]2(COCC(=O)N2)[C@@H]1COC1CCC(c2ccccc2)CC1. The second kappa shape index (κ2) is 9.35. The Hall–Kier alpha value is -2.12. The second-order valence-electron chi connectivity index (χ2n) is 8.70. The number of amides is 2. The molecule has 0 radical (unpaired) electrons. The molecule has 2 aliphatic heterocycles. The van der Waals surface area contributed by atoms with Gasteiger partial charge in [0.15, 0.2) is 0 Å². The first-order valence-electron chi connectivity index (χ1n) is 11.0. The minimum absolute atomic E-state index is 0.0665. The molecule has 7 nitrogen and oxygen atoms in total. The van der Waals surface area contributed by atoms with Gasteiger partial charge in [0.2, 0.25) is 5.91 Å². The number of likely N-dealkylation sites (tertiary alicyclic amines) is 1. The van der Waals surface area contributed by atoms with Gasteiger partial charge in [-0.1, -0.05) is 30.3 Å². The van der Waals surface area contributed by atoms with Crippen molar-refractivity contribution < 1.29 is 23.8 Å². The molecule has 1 spiro atoms. The Labute approximate surface area is 178 Å². The van der Waals surface area contributed by atoms with E-state index in [1.165, 1.54) is 12.7 Å². The maximum Gasteiger partial charge on any atom is 0.409 e. The highest BCUT2D eigenvalue weighted by atomic mass is 16.5. The predicted molar refractivity (Wildman–Crippen MR) is 111 cm³/mol. The number of hydrogen-bond donors (Lipinski definition) is 1. The van der Waals surface area contributed by atoms with Crippen LogP contribution in [-0.2, 0) is 19.0 Å². The third-order valence-electron chi connectivity index (χ3n) is 6.86. The number of carbonyl (C=O) groups excluding carboxylic acids is 2. The van der Waals surface area contributed by atoms with Crippen LogP contribution in [0.15, 0.2) is 30.3 Å². The van der Waals surface area contributed by atoms with Crippen LogP contribution in [0.1, 0.15) is 50.0 Å². The Morgan fingerprint density at radius 1 is 1.23 bits per heavy atom. The van der Waals surface area contributed by atoms with E-state index in [1.807, 2.05) is 0 Å². The minimum Gasteiger partial charge on any atom is -0.453 e. The maximum atomic E-state index is 12.4. The molecule has 0 bridgehead atoms. The van der Waals surface area contributed by atoms with E-state index >= 15 is 0 Å². The number of methoxy groups -OCH3 is 1. The lowest BCUT2D eigenvalue weighted by Crippen LogP contribution is -2.71. The van der Waals surface area contributed by atoms with Gasteiger partial charge in [0.25, 0.3) is 0 Å². The van der Waals surface area contributed by atoms with E-state index in [1.54, 1.807) is 4.90 Å². The van der Waals surface area contributed by atoms with E-state index in [9.17, 15) is 9.59 Å². The van der Waals surface area contributed by atoms with E-state index in [0.717, 1.165) is 38.5 Å². The van der Waals surface area contributed by atoms with Crippen molar-refractivity contribution in [2.45, 2.75) is 62.1 Å². The number of piperidine rings is 1. The zero-order chi connectivity index (χ0) is 21.0. The summed E-state index contributed by atoms with van der Waals surface area (Å²) in [5, 5.41) is 3.11. The molecule has 2 saturated heterocycles. The predicted octanol–water partition coefficient (Wildman–Crippen LogP) is 2.85. The zero-order valence-electron chi connectivity index (χ0n) is 17.7. The topological polar surface area (TPSA) is 77.1 Å². The van der Waals surface area contributed by atoms with Crippen molar-refractivity contribution in [1.29, 1.82) is 0 Å². The fourth-order valence-corrected chi connectivity index (χ4v) is 5.28. The van der Waals surface area contributed by atoms with Crippen molar-refractivity contribution in [1.82, 2.24) is 10.2 Å². The van der Waals surface area contributed by atoms with Gasteiger partial charge in [-0.05, 0) is 50.0 Å². The Bertz CT molecular complexity index is 730. The lowest BCUT2D eigenvalue weighted by atomic mass is 9.80. The van der Waals surface area contributed by atoms with E-state index in [0.29, 0.717) is 25.7 Å². The van der Waals surface area contributed by atoms with E-state index in [4.69, 9.17) is 14.2 Å². The van der Waals surface area contributed by atoms with Crippen LogP contribution in [0.25, 0.3) is 0 Å². The molecule has 4 rings (SSSR count). The Morgan fingerprint density at radius 2 is 2.00 bits per heavy atom.